The molecule has 1 unspecified atom stereocenters. The molecule has 2 aromatic rings. The first-order valence-corrected chi connectivity index (χ1v) is 6.54. The van der Waals surface area contributed by atoms with E-state index in [1.165, 1.54) is 19.2 Å². The summed E-state index contributed by atoms with van der Waals surface area (Å²) in [5, 5.41) is 23.7. The van der Waals surface area contributed by atoms with Crippen molar-refractivity contribution in [2.24, 2.45) is 0 Å². The molecule has 0 spiro atoms. The van der Waals surface area contributed by atoms with Crippen molar-refractivity contribution >= 4 is 17.6 Å². The summed E-state index contributed by atoms with van der Waals surface area (Å²) in [7, 11) is 1.30. The maximum atomic E-state index is 11.6. The molecule has 2 N–H and O–H groups in total. The second kappa shape index (κ2) is 5.43. The van der Waals surface area contributed by atoms with Crippen LogP contribution in [0.1, 0.15) is 34.2 Å². The molecule has 1 aromatic heterocycles. The van der Waals surface area contributed by atoms with E-state index in [1.807, 2.05) is 0 Å². The van der Waals surface area contributed by atoms with Gasteiger partial charge in [0.25, 0.3) is 0 Å². The maximum Gasteiger partial charge on any atom is 0.335 e. The number of carboxylic acid groups (broad SMARTS) is 1. The minimum Gasteiger partial charge on any atom is -0.478 e. The van der Waals surface area contributed by atoms with Crippen LogP contribution in [0, 0.1) is 0 Å². The standard InChI is InChI=1S/C13H13N5O4/c1-22-11(19)5-10-12-15-16-17-18(12)6-8-3-2-7(13(20)21)4-9(8)14-10/h2-4,10,14H,5-6H2,1H3,(H,20,21). The second-order valence-corrected chi connectivity index (χ2v) is 4.85. The number of fused-ring (bicyclic) bond motifs is 2. The number of carbonyl (C=O) groups is 2. The first-order valence-electron chi connectivity index (χ1n) is 6.54. The predicted molar refractivity (Wildman–Crippen MR) is 73.3 cm³/mol. The number of nitrogens with zero attached hydrogens (tertiary/aromatic N) is 4. The number of tetrazole rings is 1. The van der Waals surface area contributed by atoms with Gasteiger partial charge in [-0.25, -0.2) is 9.48 Å². The van der Waals surface area contributed by atoms with Gasteiger partial charge in [0, 0.05) is 5.69 Å². The summed E-state index contributed by atoms with van der Waals surface area (Å²) < 4.78 is 6.26. The number of esters is 1. The molecule has 9 nitrogen and oxygen atoms in total. The minimum absolute atomic E-state index is 0.0353. The van der Waals surface area contributed by atoms with Crippen LogP contribution >= 0.6 is 0 Å². The quantitative estimate of drug-likeness (QED) is 0.784. The molecule has 0 aliphatic carbocycles. The minimum atomic E-state index is -1.02. The fraction of sp³-hybridized carbons (Fsp3) is 0.308. The van der Waals surface area contributed by atoms with Crippen molar-refractivity contribution in [2.45, 2.75) is 19.0 Å². The Morgan fingerprint density at radius 1 is 1.50 bits per heavy atom. The number of nitrogens with one attached hydrogen (secondary N) is 1. The molecule has 1 aliphatic rings. The van der Waals surface area contributed by atoms with E-state index in [4.69, 9.17) is 5.11 Å². The van der Waals surface area contributed by atoms with E-state index in [0.29, 0.717) is 18.1 Å². The van der Waals surface area contributed by atoms with Crippen molar-refractivity contribution in [3.8, 4) is 0 Å². The van der Waals surface area contributed by atoms with Crippen LogP contribution in [-0.2, 0) is 16.1 Å². The Hall–Kier alpha value is -2.97. The van der Waals surface area contributed by atoms with Crippen molar-refractivity contribution in [1.82, 2.24) is 20.2 Å². The summed E-state index contributed by atoms with van der Waals surface area (Å²) in [6.45, 7) is 0.391. The number of carboxylic acids is 1. The largest absolute Gasteiger partial charge is 0.478 e. The van der Waals surface area contributed by atoms with Crippen LogP contribution in [-0.4, -0.2) is 44.4 Å². The highest BCUT2D eigenvalue weighted by Gasteiger charge is 2.27. The third-order valence-electron chi connectivity index (χ3n) is 3.48. The number of carbonyl (C=O) groups excluding carboxylic acids is 1. The molecule has 0 saturated carbocycles. The summed E-state index contributed by atoms with van der Waals surface area (Å²) >= 11 is 0. The summed E-state index contributed by atoms with van der Waals surface area (Å²) in [4.78, 5) is 22.7. The van der Waals surface area contributed by atoms with E-state index in [9.17, 15) is 9.59 Å². The van der Waals surface area contributed by atoms with E-state index in [2.05, 4.69) is 25.6 Å². The zero-order chi connectivity index (χ0) is 15.7. The van der Waals surface area contributed by atoms with Gasteiger partial charge in [-0.05, 0) is 28.1 Å². The van der Waals surface area contributed by atoms with Gasteiger partial charge in [-0.1, -0.05) is 6.07 Å². The molecule has 2 heterocycles. The van der Waals surface area contributed by atoms with Crippen LogP contribution in [0.25, 0.3) is 0 Å². The molecule has 22 heavy (non-hydrogen) atoms. The molecule has 0 radical (unpaired) electrons. The fourth-order valence-corrected chi connectivity index (χ4v) is 2.36. The van der Waals surface area contributed by atoms with Gasteiger partial charge in [0.15, 0.2) is 5.82 Å². The van der Waals surface area contributed by atoms with E-state index in [1.54, 1.807) is 10.7 Å². The molecule has 0 amide bonds. The lowest BCUT2D eigenvalue weighted by Crippen LogP contribution is -2.19. The first kappa shape index (κ1) is 14.0. The Kier molecular flexibility index (Phi) is 3.45. The van der Waals surface area contributed by atoms with Gasteiger partial charge in [0.05, 0.1) is 31.7 Å². The topological polar surface area (TPSA) is 119 Å². The molecule has 1 aromatic carbocycles. The van der Waals surface area contributed by atoms with Crippen LogP contribution < -0.4 is 5.32 Å². The van der Waals surface area contributed by atoms with Gasteiger partial charge in [0.2, 0.25) is 0 Å². The van der Waals surface area contributed by atoms with E-state index in [0.717, 1.165) is 5.56 Å². The number of aromatic nitrogens is 4. The van der Waals surface area contributed by atoms with E-state index in [-0.39, 0.29) is 12.0 Å². The van der Waals surface area contributed by atoms with Crippen LogP contribution in [0.2, 0.25) is 0 Å². The number of benzene rings is 1. The molecule has 0 saturated heterocycles. The predicted octanol–water partition coefficient (Wildman–Crippen LogP) is 0.449. The molecule has 0 bridgehead atoms. The summed E-state index contributed by atoms with van der Waals surface area (Å²) in [5.74, 6) is -0.931. The number of anilines is 1. The van der Waals surface area contributed by atoms with Gasteiger partial charge in [-0.15, -0.1) is 5.10 Å². The lowest BCUT2D eigenvalue weighted by Gasteiger charge is -2.16. The van der Waals surface area contributed by atoms with Gasteiger partial charge in [-0.2, -0.15) is 0 Å². The van der Waals surface area contributed by atoms with Gasteiger partial charge < -0.3 is 15.2 Å². The third-order valence-corrected chi connectivity index (χ3v) is 3.48. The van der Waals surface area contributed by atoms with Crippen molar-refractivity contribution in [1.29, 1.82) is 0 Å². The Morgan fingerprint density at radius 3 is 3.05 bits per heavy atom. The molecule has 114 valence electrons. The van der Waals surface area contributed by atoms with Crippen LogP contribution in [0.3, 0.4) is 0 Å². The van der Waals surface area contributed by atoms with Crippen molar-refractivity contribution < 1.29 is 19.4 Å². The van der Waals surface area contributed by atoms with E-state index < -0.39 is 18.0 Å². The summed E-state index contributed by atoms with van der Waals surface area (Å²) in [5.41, 5.74) is 1.63. The number of hydrogen-bond acceptors (Lipinski definition) is 7. The SMILES string of the molecule is COC(=O)CC1Nc2cc(C(=O)O)ccc2Cn2nnnc21. The molecule has 3 rings (SSSR count). The summed E-state index contributed by atoms with van der Waals surface area (Å²) in [6, 6.07) is 4.26. The van der Waals surface area contributed by atoms with Crippen LogP contribution in [0.4, 0.5) is 5.69 Å². The smallest absolute Gasteiger partial charge is 0.335 e. The Morgan fingerprint density at radius 2 is 2.32 bits per heavy atom. The highest BCUT2D eigenvalue weighted by atomic mass is 16.5. The first-order chi connectivity index (χ1) is 10.6. The number of aromatic carboxylic acids is 1. The molecule has 0 fully saturated rings. The molecule has 1 atom stereocenters. The Balaban J connectivity index is 2.01. The Bertz CT molecular complexity index is 742. The average Bonchev–Trinajstić information content (AvgIpc) is 2.90. The molecule has 1 aliphatic heterocycles. The highest BCUT2D eigenvalue weighted by molar-refractivity contribution is 5.89. The lowest BCUT2D eigenvalue weighted by molar-refractivity contribution is -0.140. The maximum absolute atomic E-state index is 11.6. The Labute approximate surface area is 124 Å². The zero-order valence-corrected chi connectivity index (χ0v) is 11.7. The zero-order valence-electron chi connectivity index (χ0n) is 11.7. The van der Waals surface area contributed by atoms with E-state index >= 15 is 0 Å². The molecular formula is C13H13N5O4. The van der Waals surface area contributed by atoms with Crippen molar-refractivity contribution in [2.75, 3.05) is 12.4 Å². The van der Waals surface area contributed by atoms with Gasteiger partial charge in [0.1, 0.15) is 0 Å². The number of methoxy groups -OCH3 is 1. The third kappa shape index (κ3) is 2.48. The van der Waals surface area contributed by atoms with Crippen LogP contribution in [0.15, 0.2) is 18.2 Å². The normalized spacial score (nSPS) is 16.0. The average molecular weight is 303 g/mol. The number of hydrogen-bond donors (Lipinski definition) is 2. The number of ether oxygens (including phenoxy) is 1. The number of rotatable bonds is 3. The second-order valence-electron chi connectivity index (χ2n) is 4.85. The van der Waals surface area contributed by atoms with Crippen LogP contribution in [0.5, 0.6) is 0 Å². The fourth-order valence-electron chi connectivity index (χ4n) is 2.36. The van der Waals surface area contributed by atoms with Crippen molar-refractivity contribution in [3.05, 3.63) is 35.2 Å². The monoisotopic (exact) mass is 303 g/mol. The van der Waals surface area contributed by atoms with Crippen molar-refractivity contribution in [3.63, 3.8) is 0 Å². The highest BCUT2D eigenvalue weighted by Crippen LogP contribution is 2.29. The molecular weight excluding hydrogens is 290 g/mol. The summed E-state index contributed by atoms with van der Waals surface area (Å²) in [6.07, 6.45) is 0.0353. The van der Waals surface area contributed by atoms with Gasteiger partial charge >= 0.3 is 11.9 Å². The lowest BCUT2D eigenvalue weighted by atomic mass is 10.1. The van der Waals surface area contributed by atoms with Gasteiger partial charge in [-0.3, -0.25) is 4.79 Å². The molecule has 9 heteroatoms.